The van der Waals surface area contributed by atoms with Gasteiger partial charge in [0.2, 0.25) is 0 Å². The van der Waals surface area contributed by atoms with Gasteiger partial charge >= 0.3 is 0 Å². The van der Waals surface area contributed by atoms with Crippen LogP contribution in [0.3, 0.4) is 0 Å². The predicted octanol–water partition coefficient (Wildman–Crippen LogP) is 2.92. The topological polar surface area (TPSA) is 24.9 Å². The summed E-state index contributed by atoms with van der Waals surface area (Å²) in [6.45, 7) is 11.9. The highest BCUT2D eigenvalue weighted by Crippen LogP contribution is 2.19. The van der Waals surface area contributed by atoms with Gasteiger partial charge in [0.15, 0.2) is 0 Å². The van der Waals surface area contributed by atoms with Gasteiger partial charge in [0.25, 0.3) is 0 Å². The van der Waals surface area contributed by atoms with Crippen LogP contribution in [-0.2, 0) is 11.8 Å². The van der Waals surface area contributed by atoms with Crippen LogP contribution in [0.25, 0.3) is 0 Å². The van der Waals surface area contributed by atoms with Crippen LogP contribution in [0.2, 0.25) is 0 Å². The first kappa shape index (κ1) is 13.2. The third-order valence-electron chi connectivity index (χ3n) is 2.51. The molecule has 0 spiro atoms. The fourth-order valence-electron chi connectivity index (χ4n) is 1.53. The average Bonchev–Trinajstić information content (AvgIpc) is 2.16. The molecule has 0 bridgehead atoms. The molecule has 1 aromatic rings. The highest BCUT2D eigenvalue weighted by Gasteiger charge is 2.15. The molecule has 2 nitrogen and oxygen atoms in total. The van der Waals surface area contributed by atoms with E-state index in [1.54, 1.807) is 0 Å². The van der Waals surface area contributed by atoms with Gasteiger partial charge in [0, 0.05) is 35.8 Å². The van der Waals surface area contributed by atoms with Gasteiger partial charge in [-0.25, -0.2) is 0 Å². The van der Waals surface area contributed by atoms with Gasteiger partial charge in [-0.3, -0.25) is 4.98 Å². The van der Waals surface area contributed by atoms with Crippen LogP contribution in [0.5, 0.6) is 0 Å². The highest BCUT2D eigenvalue weighted by atomic mass is 14.9. The lowest BCUT2D eigenvalue weighted by atomic mass is 9.91. The number of nitrogens with one attached hydrogen (secondary N) is 1. The Hall–Kier alpha value is -0.890. The lowest BCUT2D eigenvalue weighted by molar-refractivity contribution is 0.558. The zero-order valence-electron chi connectivity index (χ0n) is 11.2. The summed E-state index contributed by atoms with van der Waals surface area (Å²) in [5.74, 6) is 0. The maximum Gasteiger partial charge on any atom is 0.0460 e. The van der Waals surface area contributed by atoms with Crippen molar-refractivity contribution in [3.05, 3.63) is 29.6 Å². The first-order valence-corrected chi connectivity index (χ1v) is 6.09. The Labute approximate surface area is 99.5 Å². The molecule has 0 aliphatic rings. The SMILES string of the molecule is CC(C)NCCc1cccc(C(C)(C)C)n1. The number of rotatable bonds is 4. The summed E-state index contributed by atoms with van der Waals surface area (Å²) >= 11 is 0. The second-order valence-corrected chi connectivity index (χ2v) is 5.62. The molecule has 0 atom stereocenters. The zero-order chi connectivity index (χ0) is 12.2. The van der Waals surface area contributed by atoms with E-state index in [1.807, 2.05) is 0 Å². The number of pyridine rings is 1. The molecule has 0 saturated carbocycles. The van der Waals surface area contributed by atoms with E-state index in [9.17, 15) is 0 Å². The van der Waals surface area contributed by atoms with Gasteiger partial charge in [-0.2, -0.15) is 0 Å². The molecular formula is C14H24N2. The molecule has 1 heterocycles. The van der Waals surface area contributed by atoms with Crippen molar-refractivity contribution in [3.8, 4) is 0 Å². The average molecular weight is 220 g/mol. The minimum absolute atomic E-state index is 0.140. The van der Waals surface area contributed by atoms with Crippen molar-refractivity contribution < 1.29 is 0 Å². The summed E-state index contributed by atoms with van der Waals surface area (Å²) in [7, 11) is 0. The molecule has 16 heavy (non-hydrogen) atoms. The predicted molar refractivity (Wildman–Crippen MR) is 69.8 cm³/mol. The molecule has 0 aliphatic carbocycles. The van der Waals surface area contributed by atoms with Gasteiger partial charge in [0.1, 0.15) is 0 Å². The van der Waals surface area contributed by atoms with E-state index in [-0.39, 0.29) is 5.41 Å². The molecule has 0 aromatic carbocycles. The summed E-state index contributed by atoms with van der Waals surface area (Å²) in [5, 5.41) is 3.41. The second-order valence-electron chi connectivity index (χ2n) is 5.62. The number of nitrogens with zero attached hydrogens (tertiary/aromatic N) is 1. The van der Waals surface area contributed by atoms with Crippen molar-refractivity contribution in [3.63, 3.8) is 0 Å². The van der Waals surface area contributed by atoms with Gasteiger partial charge in [-0.05, 0) is 12.1 Å². The third kappa shape index (κ3) is 4.31. The molecule has 0 saturated heterocycles. The van der Waals surface area contributed by atoms with E-state index in [0.717, 1.165) is 13.0 Å². The molecule has 90 valence electrons. The van der Waals surface area contributed by atoms with Crippen LogP contribution >= 0.6 is 0 Å². The normalized spacial score (nSPS) is 12.1. The number of aromatic nitrogens is 1. The third-order valence-corrected chi connectivity index (χ3v) is 2.51. The molecule has 0 radical (unpaired) electrons. The highest BCUT2D eigenvalue weighted by molar-refractivity contribution is 5.17. The largest absolute Gasteiger partial charge is 0.314 e. The summed E-state index contributed by atoms with van der Waals surface area (Å²) in [5.41, 5.74) is 2.50. The van der Waals surface area contributed by atoms with Crippen molar-refractivity contribution >= 4 is 0 Å². The lowest BCUT2D eigenvalue weighted by Crippen LogP contribution is -2.25. The van der Waals surface area contributed by atoms with E-state index in [1.165, 1.54) is 11.4 Å². The van der Waals surface area contributed by atoms with Gasteiger partial charge in [-0.15, -0.1) is 0 Å². The second kappa shape index (κ2) is 5.44. The zero-order valence-corrected chi connectivity index (χ0v) is 11.2. The standard InChI is InChI=1S/C14H24N2/c1-11(2)15-10-9-12-7-6-8-13(16-12)14(3,4)5/h6-8,11,15H,9-10H2,1-5H3. The van der Waals surface area contributed by atoms with Crippen molar-refractivity contribution in [2.24, 2.45) is 0 Å². The fraction of sp³-hybridized carbons (Fsp3) is 0.643. The van der Waals surface area contributed by atoms with Gasteiger partial charge < -0.3 is 5.32 Å². The minimum atomic E-state index is 0.140. The summed E-state index contributed by atoms with van der Waals surface area (Å²) < 4.78 is 0. The van der Waals surface area contributed by atoms with E-state index < -0.39 is 0 Å². The van der Waals surface area contributed by atoms with Crippen molar-refractivity contribution in [1.82, 2.24) is 10.3 Å². The van der Waals surface area contributed by atoms with E-state index in [0.29, 0.717) is 6.04 Å². The Morgan fingerprint density at radius 3 is 2.50 bits per heavy atom. The molecule has 1 rings (SSSR count). The first-order chi connectivity index (χ1) is 7.39. The van der Waals surface area contributed by atoms with Crippen LogP contribution in [0.4, 0.5) is 0 Å². The van der Waals surface area contributed by atoms with Crippen LogP contribution in [0, 0.1) is 0 Å². The van der Waals surface area contributed by atoms with Crippen LogP contribution in [0.1, 0.15) is 46.0 Å². The first-order valence-electron chi connectivity index (χ1n) is 6.09. The Balaban J connectivity index is 2.61. The lowest BCUT2D eigenvalue weighted by Gasteiger charge is -2.18. The van der Waals surface area contributed by atoms with E-state index in [4.69, 9.17) is 4.98 Å². The smallest absolute Gasteiger partial charge is 0.0460 e. The fourth-order valence-corrected chi connectivity index (χ4v) is 1.53. The van der Waals surface area contributed by atoms with Crippen LogP contribution < -0.4 is 5.32 Å². The minimum Gasteiger partial charge on any atom is -0.314 e. The van der Waals surface area contributed by atoms with Gasteiger partial charge in [0.05, 0.1) is 0 Å². The molecule has 0 unspecified atom stereocenters. The van der Waals surface area contributed by atoms with E-state index in [2.05, 4.69) is 58.1 Å². The molecule has 1 aromatic heterocycles. The molecule has 0 fully saturated rings. The maximum atomic E-state index is 4.70. The van der Waals surface area contributed by atoms with Crippen molar-refractivity contribution in [2.45, 2.75) is 52.5 Å². The summed E-state index contributed by atoms with van der Waals surface area (Å²) in [4.78, 5) is 4.70. The molecule has 0 aliphatic heterocycles. The monoisotopic (exact) mass is 220 g/mol. The number of hydrogen-bond donors (Lipinski definition) is 1. The quantitative estimate of drug-likeness (QED) is 0.844. The summed E-state index contributed by atoms with van der Waals surface area (Å²) in [6.07, 6.45) is 1.00. The van der Waals surface area contributed by atoms with E-state index >= 15 is 0 Å². The Bertz CT molecular complexity index is 324. The Kier molecular flexibility index (Phi) is 4.48. The molecule has 0 amide bonds. The number of hydrogen-bond acceptors (Lipinski definition) is 2. The molecule has 1 N–H and O–H groups in total. The Morgan fingerprint density at radius 2 is 1.94 bits per heavy atom. The van der Waals surface area contributed by atoms with Crippen LogP contribution in [0.15, 0.2) is 18.2 Å². The molecule has 2 heteroatoms. The van der Waals surface area contributed by atoms with Crippen molar-refractivity contribution in [2.75, 3.05) is 6.54 Å². The summed E-state index contributed by atoms with van der Waals surface area (Å²) in [6, 6.07) is 6.88. The van der Waals surface area contributed by atoms with Crippen LogP contribution in [-0.4, -0.2) is 17.6 Å². The van der Waals surface area contributed by atoms with Crippen molar-refractivity contribution in [1.29, 1.82) is 0 Å². The Morgan fingerprint density at radius 1 is 1.25 bits per heavy atom. The van der Waals surface area contributed by atoms with Gasteiger partial charge in [-0.1, -0.05) is 40.7 Å². The molecular weight excluding hydrogens is 196 g/mol. The maximum absolute atomic E-state index is 4.70.